The van der Waals surface area contributed by atoms with Crippen molar-refractivity contribution in [2.75, 3.05) is 26.4 Å². The molecule has 1 aliphatic rings. The van der Waals surface area contributed by atoms with E-state index >= 15 is 0 Å². The average Bonchev–Trinajstić information content (AvgIpc) is 2.49. The first-order chi connectivity index (χ1) is 5.79. The first kappa shape index (κ1) is 9.96. The second-order valence-corrected chi connectivity index (χ2v) is 3.47. The van der Waals surface area contributed by atoms with E-state index in [2.05, 4.69) is 19.2 Å². The maximum Gasteiger partial charge on any atom is 0.0831 e. The largest absolute Gasteiger partial charge is 0.379 e. The van der Waals surface area contributed by atoms with Gasteiger partial charge in [-0.25, -0.2) is 0 Å². The number of ether oxygens (including phenoxy) is 2. The highest BCUT2D eigenvalue weighted by atomic mass is 16.5. The van der Waals surface area contributed by atoms with Crippen molar-refractivity contribution < 1.29 is 9.47 Å². The number of rotatable bonds is 5. The van der Waals surface area contributed by atoms with Gasteiger partial charge in [0, 0.05) is 19.2 Å². The minimum absolute atomic E-state index is 0.346. The molecule has 1 heterocycles. The second kappa shape index (κ2) is 5.51. The van der Waals surface area contributed by atoms with Crippen LogP contribution >= 0.6 is 0 Å². The Hall–Kier alpha value is -0.120. The molecule has 0 aromatic carbocycles. The van der Waals surface area contributed by atoms with Crippen molar-refractivity contribution in [1.29, 1.82) is 0 Å². The fraction of sp³-hybridized carbons (Fsp3) is 1.00. The minimum atomic E-state index is 0.346. The molecule has 0 bridgehead atoms. The molecule has 0 amide bonds. The van der Waals surface area contributed by atoms with Crippen molar-refractivity contribution in [3.63, 3.8) is 0 Å². The van der Waals surface area contributed by atoms with Gasteiger partial charge in [0.2, 0.25) is 0 Å². The van der Waals surface area contributed by atoms with E-state index in [1.165, 1.54) is 0 Å². The highest BCUT2D eigenvalue weighted by Crippen LogP contribution is 2.06. The monoisotopic (exact) mass is 173 g/mol. The highest BCUT2D eigenvalue weighted by molar-refractivity contribution is 4.63. The molecule has 0 aromatic rings. The molecule has 1 N–H and O–H groups in total. The number of hydrogen-bond acceptors (Lipinski definition) is 3. The van der Waals surface area contributed by atoms with E-state index in [1.54, 1.807) is 0 Å². The van der Waals surface area contributed by atoms with Crippen molar-refractivity contribution in [2.24, 2.45) is 0 Å². The van der Waals surface area contributed by atoms with E-state index in [-0.39, 0.29) is 0 Å². The summed E-state index contributed by atoms with van der Waals surface area (Å²) < 4.78 is 10.8. The molecule has 0 saturated carbocycles. The van der Waals surface area contributed by atoms with Crippen LogP contribution in [0.15, 0.2) is 0 Å². The van der Waals surface area contributed by atoms with Crippen molar-refractivity contribution >= 4 is 0 Å². The summed E-state index contributed by atoms with van der Waals surface area (Å²) in [5.74, 6) is 0. The molecule has 0 radical (unpaired) electrons. The molecule has 0 unspecified atom stereocenters. The zero-order valence-corrected chi connectivity index (χ0v) is 8.01. The Balaban J connectivity index is 1.88. The summed E-state index contributed by atoms with van der Waals surface area (Å²) in [4.78, 5) is 0. The van der Waals surface area contributed by atoms with Crippen LogP contribution in [0.25, 0.3) is 0 Å². The topological polar surface area (TPSA) is 30.5 Å². The maximum absolute atomic E-state index is 5.57. The molecule has 1 saturated heterocycles. The van der Waals surface area contributed by atoms with E-state index in [9.17, 15) is 0 Å². The molecule has 0 spiro atoms. The van der Waals surface area contributed by atoms with Crippen LogP contribution in [-0.2, 0) is 9.47 Å². The average molecular weight is 173 g/mol. The Kier molecular flexibility index (Phi) is 4.58. The minimum Gasteiger partial charge on any atom is -0.379 e. The predicted octanol–water partition coefficient (Wildman–Crippen LogP) is 0.790. The molecule has 72 valence electrons. The normalized spacial score (nSPS) is 23.8. The van der Waals surface area contributed by atoms with Gasteiger partial charge < -0.3 is 14.8 Å². The van der Waals surface area contributed by atoms with Crippen molar-refractivity contribution in [3.05, 3.63) is 0 Å². The lowest BCUT2D eigenvalue weighted by molar-refractivity contribution is 0.0439. The van der Waals surface area contributed by atoms with Crippen LogP contribution in [0.3, 0.4) is 0 Å². The molecule has 0 aromatic heterocycles. The fourth-order valence-electron chi connectivity index (χ4n) is 1.22. The van der Waals surface area contributed by atoms with Gasteiger partial charge in [0.05, 0.1) is 19.3 Å². The van der Waals surface area contributed by atoms with E-state index in [0.717, 1.165) is 32.8 Å². The zero-order chi connectivity index (χ0) is 8.81. The lowest BCUT2D eigenvalue weighted by Crippen LogP contribution is -2.28. The standard InChI is InChI=1S/C9H19NO2/c1-8(2)10-4-6-12-9-3-5-11-7-9/h8-10H,3-7H2,1-2H3/t9-/m1/s1. The fourth-order valence-corrected chi connectivity index (χ4v) is 1.22. The molecular weight excluding hydrogens is 154 g/mol. The van der Waals surface area contributed by atoms with Crippen LogP contribution in [0.5, 0.6) is 0 Å². The lowest BCUT2D eigenvalue weighted by Gasteiger charge is -2.11. The third-order valence-electron chi connectivity index (χ3n) is 1.90. The second-order valence-electron chi connectivity index (χ2n) is 3.47. The molecular formula is C9H19NO2. The molecule has 3 nitrogen and oxygen atoms in total. The Bertz CT molecular complexity index is 111. The summed E-state index contributed by atoms with van der Waals surface area (Å²) in [6.45, 7) is 7.65. The van der Waals surface area contributed by atoms with Crippen LogP contribution in [0, 0.1) is 0 Å². The van der Waals surface area contributed by atoms with E-state index in [1.807, 2.05) is 0 Å². The summed E-state index contributed by atoms with van der Waals surface area (Å²) in [7, 11) is 0. The highest BCUT2D eigenvalue weighted by Gasteiger charge is 2.15. The third kappa shape index (κ3) is 4.04. The van der Waals surface area contributed by atoms with Gasteiger partial charge >= 0.3 is 0 Å². The van der Waals surface area contributed by atoms with E-state index in [4.69, 9.17) is 9.47 Å². The zero-order valence-electron chi connectivity index (χ0n) is 8.01. The quantitative estimate of drug-likeness (QED) is 0.623. The van der Waals surface area contributed by atoms with Gasteiger partial charge in [-0.15, -0.1) is 0 Å². The van der Waals surface area contributed by atoms with Gasteiger partial charge in [0.15, 0.2) is 0 Å². The van der Waals surface area contributed by atoms with Gasteiger partial charge in [0.25, 0.3) is 0 Å². The Morgan fingerprint density at radius 1 is 1.58 bits per heavy atom. The molecule has 0 aliphatic carbocycles. The van der Waals surface area contributed by atoms with Gasteiger partial charge in [-0.1, -0.05) is 13.8 Å². The summed E-state index contributed by atoms with van der Waals surface area (Å²) in [6, 6.07) is 0.549. The van der Waals surface area contributed by atoms with Crippen LogP contribution in [0.2, 0.25) is 0 Å². The Labute approximate surface area is 74.4 Å². The van der Waals surface area contributed by atoms with Crippen LogP contribution in [0.1, 0.15) is 20.3 Å². The smallest absolute Gasteiger partial charge is 0.0831 e. The molecule has 1 fully saturated rings. The van der Waals surface area contributed by atoms with E-state index < -0.39 is 0 Å². The predicted molar refractivity (Wildman–Crippen MR) is 48.3 cm³/mol. The first-order valence-corrected chi connectivity index (χ1v) is 4.72. The lowest BCUT2D eigenvalue weighted by atomic mass is 10.3. The van der Waals surface area contributed by atoms with Crippen LogP contribution in [0.4, 0.5) is 0 Å². The van der Waals surface area contributed by atoms with Crippen molar-refractivity contribution in [1.82, 2.24) is 5.32 Å². The molecule has 1 rings (SSSR count). The summed E-state index contributed by atoms with van der Waals surface area (Å²) in [6.07, 6.45) is 1.40. The molecule has 3 heteroatoms. The van der Waals surface area contributed by atoms with Gasteiger partial charge in [-0.05, 0) is 6.42 Å². The molecule has 12 heavy (non-hydrogen) atoms. The number of hydrogen-bond donors (Lipinski definition) is 1. The van der Waals surface area contributed by atoms with Gasteiger partial charge in [0.1, 0.15) is 0 Å². The first-order valence-electron chi connectivity index (χ1n) is 4.72. The van der Waals surface area contributed by atoms with Gasteiger partial charge in [-0.2, -0.15) is 0 Å². The van der Waals surface area contributed by atoms with Gasteiger partial charge in [-0.3, -0.25) is 0 Å². The SMILES string of the molecule is CC(C)NCCO[C@@H]1CCOC1. The van der Waals surface area contributed by atoms with Crippen LogP contribution < -0.4 is 5.32 Å². The Morgan fingerprint density at radius 3 is 3.00 bits per heavy atom. The summed E-state index contributed by atoms with van der Waals surface area (Å²) in [5.41, 5.74) is 0. The Morgan fingerprint density at radius 2 is 2.42 bits per heavy atom. The molecule has 1 aliphatic heterocycles. The number of nitrogens with one attached hydrogen (secondary N) is 1. The van der Waals surface area contributed by atoms with Crippen molar-refractivity contribution in [2.45, 2.75) is 32.4 Å². The van der Waals surface area contributed by atoms with Crippen molar-refractivity contribution in [3.8, 4) is 0 Å². The molecule has 1 atom stereocenters. The van der Waals surface area contributed by atoms with E-state index in [0.29, 0.717) is 12.1 Å². The summed E-state index contributed by atoms with van der Waals surface area (Å²) in [5, 5.41) is 3.30. The van der Waals surface area contributed by atoms with Crippen LogP contribution in [-0.4, -0.2) is 38.5 Å². The third-order valence-corrected chi connectivity index (χ3v) is 1.90. The summed E-state index contributed by atoms with van der Waals surface area (Å²) >= 11 is 0. The maximum atomic E-state index is 5.57.